The van der Waals surface area contributed by atoms with Crippen LogP contribution in [-0.2, 0) is 10.0 Å². The molecule has 1 heterocycles. The summed E-state index contributed by atoms with van der Waals surface area (Å²) in [5.41, 5.74) is 5.29. The predicted octanol–water partition coefficient (Wildman–Crippen LogP) is 1.12. The Labute approximate surface area is 119 Å². The Morgan fingerprint density at radius 3 is 2.80 bits per heavy atom. The summed E-state index contributed by atoms with van der Waals surface area (Å²) in [6.07, 6.45) is 1.62. The first-order valence-corrected chi connectivity index (χ1v) is 7.98. The average Bonchev–Trinajstić information content (AvgIpc) is 2.80. The number of benzene rings is 1. The fourth-order valence-corrected chi connectivity index (χ4v) is 4.41. The number of likely N-dealkylation sites (N-methyl/N-ethyl adjacent to an activating group) is 1. The van der Waals surface area contributed by atoms with Crippen LogP contribution in [0.2, 0.25) is 0 Å². The molecular formula is C13H20FN3O2S. The highest BCUT2D eigenvalue weighted by atomic mass is 32.2. The Kier molecular flexibility index (Phi) is 4.31. The van der Waals surface area contributed by atoms with Gasteiger partial charge < -0.3 is 10.6 Å². The summed E-state index contributed by atoms with van der Waals surface area (Å²) in [6.45, 7) is 1.10. The number of anilines is 1. The fraction of sp³-hybridized carbons (Fsp3) is 0.538. The van der Waals surface area contributed by atoms with Crippen molar-refractivity contribution in [3.05, 3.63) is 24.0 Å². The zero-order valence-corrected chi connectivity index (χ0v) is 12.5. The zero-order chi connectivity index (χ0) is 14.9. The van der Waals surface area contributed by atoms with Crippen LogP contribution in [0.3, 0.4) is 0 Å². The molecule has 0 aliphatic carbocycles. The van der Waals surface area contributed by atoms with E-state index in [0.29, 0.717) is 13.1 Å². The van der Waals surface area contributed by atoms with Crippen LogP contribution in [0.4, 0.5) is 10.1 Å². The molecule has 0 spiro atoms. The standard InChI is InChI=1S/C13H20FN3O2S/c1-16(2)9-10-5-4-8-17(10)20(18,19)12-7-3-6-11(14)13(12)15/h3,6-7,10H,4-5,8-9,15H2,1-2H3. The molecule has 1 aromatic rings. The number of nitrogens with two attached hydrogens (primary N) is 1. The third-order valence-electron chi connectivity index (χ3n) is 3.50. The van der Waals surface area contributed by atoms with Crippen molar-refractivity contribution in [1.29, 1.82) is 0 Å². The van der Waals surface area contributed by atoms with Crippen molar-refractivity contribution >= 4 is 15.7 Å². The van der Waals surface area contributed by atoms with Gasteiger partial charge in [0.05, 0.1) is 5.69 Å². The molecule has 5 nitrogen and oxygen atoms in total. The van der Waals surface area contributed by atoms with Crippen molar-refractivity contribution in [3.63, 3.8) is 0 Å². The molecular weight excluding hydrogens is 281 g/mol. The highest BCUT2D eigenvalue weighted by Gasteiger charge is 2.36. The van der Waals surface area contributed by atoms with Crippen molar-refractivity contribution in [2.45, 2.75) is 23.8 Å². The molecule has 0 aromatic heterocycles. The monoisotopic (exact) mass is 301 g/mol. The lowest BCUT2D eigenvalue weighted by molar-refractivity contribution is 0.291. The van der Waals surface area contributed by atoms with Crippen LogP contribution in [0.25, 0.3) is 0 Å². The Morgan fingerprint density at radius 2 is 2.15 bits per heavy atom. The van der Waals surface area contributed by atoms with Crippen molar-refractivity contribution in [2.75, 3.05) is 32.9 Å². The summed E-state index contributed by atoms with van der Waals surface area (Å²) < 4.78 is 40.3. The summed E-state index contributed by atoms with van der Waals surface area (Å²) in [5, 5.41) is 0. The largest absolute Gasteiger partial charge is 0.395 e. The summed E-state index contributed by atoms with van der Waals surface area (Å²) in [6, 6.07) is 3.81. The number of hydrogen-bond acceptors (Lipinski definition) is 4. The van der Waals surface area contributed by atoms with Gasteiger partial charge in [-0.15, -0.1) is 0 Å². The molecule has 0 bridgehead atoms. The van der Waals surface area contributed by atoms with Crippen LogP contribution in [0, 0.1) is 5.82 Å². The number of para-hydroxylation sites is 1. The first-order chi connectivity index (χ1) is 9.34. The first-order valence-electron chi connectivity index (χ1n) is 6.54. The van der Waals surface area contributed by atoms with Crippen molar-refractivity contribution in [1.82, 2.24) is 9.21 Å². The highest BCUT2D eigenvalue weighted by molar-refractivity contribution is 7.89. The lowest BCUT2D eigenvalue weighted by Gasteiger charge is -2.26. The van der Waals surface area contributed by atoms with E-state index in [0.717, 1.165) is 18.9 Å². The number of hydrogen-bond donors (Lipinski definition) is 1. The highest BCUT2D eigenvalue weighted by Crippen LogP contribution is 2.30. The second-order valence-electron chi connectivity index (χ2n) is 5.33. The van der Waals surface area contributed by atoms with E-state index >= 15 is 0 Å². The topological polar surface area (TPSA) is 66.6 Å². The van der Waals surface area contributed by atoms with Gasteiger partial charge in [0, 0.05) is 19.1 Å². The van der Waals surface area contributed by atoms with Gasteiger partial charge in [-0.25, -0.2) is 12.8 Å². The molecule has 112 valence electrons. The van der Waals surface area contributed by atoms with Crippen LogP contribution in [-0.4, -0.2) is 50.8 Å². The van der Waals surface area contributed by atoms with Crippen LogP contribution in [0.5, 0.6) is 0 Å². The molecule has 1 saturated heterocycles. The fourth-order valence-electron chi connectivity index (χ4n) is 2.60. The summed E-state index contributed by atoms with van der Waals surface area (Å²) in [5.74, 6) is -0.700. The molecule has 0 radical (unpaired) electrons. The van der Waals surface area contributed by atoms with Crippen molar-refractivity contribution in [3.8, 4) is 0 Å². The SMILES string of the molecule is CN(C)CC1CCCN1S(=O)(=O)c1cccc(F)c1N. The third-order valence-corrected chi connectivity index (χ3v) is 5.51. The van der Waals surface area contributed by atoms with E-state index in [9.17, 15) is 12.8 Å². The van der Waals surface area contributed by atoms with Gasteiger partial charge in [0.1, 0.15) is 10.7 Å². The Balaban J connectivity index is 2.37. The maximum Gasteiger partial charge on any atom is 0.245 e. The van der Waals surface area contributed by atoms with Gasteiger partial charge in [0.25, 0.3) is 0 Å². The molecule has 0 amide bonds. The molecule has 0 saturated carbocycles. The van der Waals surface area contributed by atoms with Gasteiger partial charge in [-0.1, -0.05) is 6.07 Å². The predicted molar refractivity (Wildman–Crippen MR) is 76.3 cm³/mol. The van der Waals surface area contributed by atoms with E-state index in [1.165, 1.54) is 16.4 Å². The lowest BCUT2D eigenvalue weighted by atomic mass is 10.2. The molecule has 20 heavy (non-hydrogen) atoms. The van der Waals surface area contributed by atoms with E-state index in [1.54, 1.807) is 0 Å². The van der Waals surface area contributed by atoms with E-state index in [1.807, 2.05) is 19.0 Å². The van der Waals surface area contributed by atoms with Gasteiger partial charge in [0.15, 0.2) is 0 Å². The van der Waals surface area contributed by atoms with E-state index in [4.69, 9.17) is 5.73 Å². The molecule has 1 atom stereocenters. The summed E-state index contributed by atoms with van der Waals surface area (Å²) >= 11 is 0. The van der Waals surface area contributed by atoms with E-state index in [-0.39, 0.29) is 16.6 Å². The second-order valence-corrected chi connectivity index (χ2v) is 7.18. The minimum absolute atomic E-state index is 0.0855. The average molecular weight is 301 g/mol. The maximum absolute atomic E-state index is 13.5. The van der Waals surface area contributed by atoms with E-state index in [2.05, 4.69) is 0 Å². The lowest BCUT2D eigenvalue weighted by Crippen LogP contribution is -2.41. The normalized spacial score (nSPS) is 20.7. The van der Waals surface area contributed by atoms with Crippen molar-refractivity contribution in [2.24, 2.45) is 0 Å². The number of nitrogen functional groups attached to an aromatic ring is 1. The Hall–Kier alpha value is -1.18. The van der Waals surface area contributed by atoms with Crippen LogP contribution < -0.4 is 5.73 Å². The van der Waals surface area contributed by atoms with Crippen LogP contribution in [0.15, 0.2) is 23.1 Å². The first kappa shape index (κ1) is 15.2. The molecule has 1 aromatic carbocycles. The zero-order valence-electron chi connectivity index (χ0n) is 11.7. The number of halogens is 1. The molecule has 2 rings (SSSR count). The van der Waals surface area contributed by atoms with Gasteiger partial charge >= 0.3 is 0 Å². The van der Waals surface area contributed by atoms with E-state index < -0.39 is 15.8 Å². The molecule has 7 heteroatoms. The Morgan fingerprint density at radius 1 is 1.45 bits per heavy atom. The summed E-state index contributed by atoms with van der Waals surface area (Å²) in [7, 11) is 0.0599. The third kappa shape index (κ3) is 2.79. The number of sulfonamides is 1. The second kappa shape index (κ2) is 5.67. The van der Waals surface area contributed by atoms with Gasteiger partial charge in [-0.3, -0.25) is 0 Å². The van der Waals surface area contributed by atoms with Gasteiger partial charge in [-0.2, -0.15) is 4.31 Å². The molecule has 1 fully saturated rings. The quantitative estimate of drug-likeness (QED) is 0.846. The maximum atomic E-state index is 13.5. The van der Waals surface area contributed by atoms with Gasteiger partial charge in [-0.05, 0) is 39.1 Å². The minimum Gasteiger partial charge on any atom is -0.395 e. The summed E-state index contributed by atoms with van der Waals surface area (Å²) in [4.78, 5) is 1.82. The molecule has 1 aliphatic rings. The Bertz CT molecular complexity index is 589. The number of rotatable bonds is 4. The molecule has 1 unspecified atom stereocenters. The van der Waals surface area contributed by atoms with Gasteiger partial charge in [0.2, 0.25) is 10.0 Å². The van der Waals surface area contributed by atoms with Crippen LogP contribution >= 0.6 is 0 Å². The molecule has 2 N–H and O–H groups in total. The smallest absolute Gasteiger partial charge is 0.245 e. The van der Waals surface area contributed by atoms with Crippen molar-refractivity contribution < 1.29 is 12.8 Å². The van der Waals surface area contributed by atoms with Crippen LogP contribution in [0.1, 0.15) is 12.8 Å². The minimum atomic E-state index is -3.74. The molecule has 1 aliphatic heterocycles. The number of nitrogens with zero attached hydrogens (tertiary/aromatic N) is 2.